The number of aromatic nitrogens is 4. The number of nitrogens with one attached hydrogen (secondary N) is 2. The van der Waals surface area contributed by atoms with Crippen molar-refractivity contribution in [3.63, 3.8) is 0 Å². The van der Waals surface area contributed by atoms with Crippen molar-refractivity contribution in [2.24, 2.45) is 12.0 Å². The fourth-order valence-electron chi connectivity index (χ4n) is 2.63. The molecular formula is C20H28IN7S. The first-order chi connectivity index (χ1) is 13.5. The molecule has 0 atom stereocenters. The molecular weight excluding hydrogens is 497 g/mol. The fraction of sp³-hybridized carbons (Fsp3) is 0.400. The van der Waals surface area contributed by atoms with Gasteiger partial charge < -0.3 is 15.2 Å². The molecule has 0 unspecified atom stereocenters. The van der Waals surface area contributed by atoms with Crippen LogP contribution in [0.1, 0.15) is 32.8 Å². The number of guanidine groups is 1. The summed E-state index contributed by atoms with van der Waals surface area (Å²) in [6, 6.07) is 10.2. The Bertz CT molecular complexity index is 914. The number of benzene rings is 1. The second-order valence-electron chi connectivity index (χ2n) is 6.65. The van der Waals surface area contributed by atoms with Crippen LogP contribution in [0.3, 0.4) is 0 Å². The van der Waals surface area contributed by atoms with E-state index in [-0.39, 0.29) is 24.0 Å². The lowest BCUT2D eigenvalue weighted by Gasteiger charge is -2.12. The van der Waals surface area contributed by atoms with Gasteiger partial charge in [0.15, 0.2) is 11.8 Å². The standard InChI is InChI=1S/C20H27N7S.HI/c1-14-15(2)28-19(24-14)10-11-21-20(22-12-17-8-6-5-7-9-17)23-13-18-26-25-16(3)27(18)4;/h5-9H,10-13H2,1-4H3,(H2,21,22,23);1H. The zero-order valence-electron chi connectivity index (χ0n) is 17.3. The van der Waals surface area contributed by atoms with Crippen LogP contribution in [-0.2, 0) is 26.6 Å². The maximum Gasteiger partial charge on any atom is 0.191 e. The summed E-state index contributed by atoms with van der Waals surface area (Å²) in [4.78, 5) is 10.6. The molecule has 29 heavy (non-hydrogen) atoms. The van der Waals surface area contributed by atoms with E-state index in [0.717, 1.165) is 41.3 Å². The molecule has 0 aliphatic carbocycles. The van der Waals surface area contributed by atoms with E-state index in [4.69, 9.17) is 4.99 Å². The van der Waals surface area contributed by atoms with Gasteiger partial charge in [-0.3, -0.25) is 0 Å². The Morgan fingerprint density at radius 3 is 2.48 bits per heavy atom. The predicted octanol–water partition coefficient (Wildman–Crippen LogP) is 3.29. The first-order valence-corrected chi connectivity index (χ1v) is 10.2. The lowest BCUT2D eigenvalue weighted by molar-refractivity contribution is 0.712. The highest BCUT2D eigenvalue weighted by Crippen LogP contribution is 2.16. The van der Waals surface area contributed by atoms with Crippen LogP contribution in [0.5, 0.6) is 0 Å². The van der Waals surface area contributed by atoms with E-state index in [1.54, 1.807) is 11.3 Å². The van der Waals surface area contributed by atoms with Crippen molar-refractivity contribution in [2.45, 2.75) is 40.3 Å². The largest absolute Gasteiger partial charge is 0.356 e. The molecule has 0 fully saturated rings. The molecule has 1 aromatic carbocycles. The smallest absolute Gasteiger partial charge is 0.191 e. The van der Waals surface area contributed by atoms with Crippen LogP contribution < -0.4 is 10.6 Å². The Morgan fingerprint density at radius 1 is 1.10 bits per heavy atom. The minimum absolute atomic E-state index is 0. The third-order valence-electron chi connectivity index (χ3n) is 4.56. The quantitative estimate of drug-likeness (QED) is 0.281. The maximum atomic E-state index is 4.72. The van der Waals surface area contributed by atoms with Gasteiger partial charge in [0.1, 0.15) is 5.82 Å². The Labute approximate surface area is 193 Å². The molecule has 156 valence electrons. The molecule has 0 aliphatic heterocycles. The molecule has 7 nitrogen and oxygen atoms in total. The summed E-state index contributed by atoms with van der Waals surface area (Å²) in [6.07, 6.45) is 0.869. The van der Waals surface area contributed by atoms with Gasteiger partial charge in [0.25, 0.3) is 0 Å². The van der Waals surface area contributed by atoms with E-state index in [1.165, 1.54) is 10.4 Å². The van der Waals surface area contributed by atoms with Crippen molar-refractivity contribution in [1.29, 1.82) is 0 Å². The topological polar surface area (TPSA) is 80.0 Å². The van der Waals surface area contributed by atoms with Gasteiger partial charge in [0.05, 0.1) is 23.8 Å². The summed E-state index contributed by atoms with van der Waals surface area (Å²) in [7, 11) is 1.97. The zero-order chi connectivity index (χ0) is 19.9. The van der Waals surface area contributed by atoms with E-state index >= 15 is 0 Å². The van der Waals surface area contributed by atoms with Crippen LogP contribution in [0.4, 0.5) is 0 Å². The van der Waals surface area contributed by atoms with Gasteiger partial charge in [-0.1, -0.05) is 30.3 Å². The van der Waals surface area contributed by atoms with Crippen LogP contribution in [0, 0.1) is 20.8 Å². The summed E-state index contributed by atoms with van der Waals surface area (Å²) in [6.45, 7) is 8.06. The molecule has 0 radical (unpaired) electrons. The highest BCUT2D eigenvalue weighted by Gasteiger charge is 2.07. The molecule has 0 saturated heterocycles. The van der Waals surface area contributed by atoms with Crippen molar-refractivity contribution in [2.75, 3.05) is 6.54 Å². The van der Waals surface area contributed by atoms with Crippen LogP contribution in [0.25, 0.3) is 0 Å². The molecule has 9 heteroatoms. The maximum absolute atomic E-state index is 4.72. The Balaban J connectivity index is 0.00000300. The third-order valence-corrected chi connectivity index (χ3v) is 5.70. The molecule has 3 rings (SSSR count). The van der Waals surface area contributed by atoms with Crippen LogP contribution in [0.2, 0.25) is 0 Å². The number of hydrogen-bond donors (Lipinski definition) is 2. The molecule has 0 amide bonds. The van der Waals surface area contributed by atoms with Gasteiger partial charge in [-0.25, -0.2) is 9.98 Å². The summed E-state index contributed by atoms with van der Waals surface area (Å²) in [5.41, 5.74) is 2.29. The Morgan fingerprint density at radius 2 is 1.86 bits per heavy atom. The molecule has 0 saturated carbocycles. The molecule has 2 aromatic heterocycles. The van der Waals surface area contributed by atoms with Crippen molar-refractivity contribution >= 4 is 41.3 Å². The molecule has 2 N–H and O–H groups in total. The monoisotopic (exact) mass is 525 g/mol. The van der Waals surface area contributed by atoms with E-state index in [1.807, 2.05) is 36.7 Å². The molecule has 0 bridgehead atoms. The second kappa shape index (κ2) is 11.2. The predicted molar refractivity (Wildman–Crippen MR) is 129 cm³/mol. The lowest BCUT2D eigenvalue weighted by atomic mass is 10.2. The number of rotatable bonds is 7. The Hall–Kier alpha value is -2.01. The molecule has 0 spiro atoms. The summed E-state index contributed by atoms with van der Waals surface area (Å²) in [5.74, 6) is 2.52. The number of aliphatic imine (C=N–C) groups is 1. The first kappa shape index (κ1) is 23.3. The van der Waals surface area contributed by atoms with Crippen LogP contribution in [-0.4, -0.2) is 32.3 Å². The number of halogens is 1. The number of nitrogens with zero attached hydrogens (tertiary/aromatic N) is 5. The minimum Gasteiger partial charge on any atom is -0.356 e. The third kappa shape index (κ3) is 6.77. The van der Waals surface area contributed by atoms with Crippen LogP contribution in [0.15, 0.2) is 35.3 Å². The van der Waals surface area contributed by atoms with Gasteiger partial charge in [-0.15, -0.1) is 45.5 Å². The first-order valence-electron chi connectivity index (χ1n) is 9.37. The lowest BCUT2D eigenvalue weighted by Crippen LogP contribution is -2.38. The normalized spacial score (nSPS) is 11.2. The summed E-state index contributed by atoms with van der Waals surface area (Å²) in [5, 5.41) is 16.2. The van der Waals surface area contributed by atoms with E-state index in [0.29, 0.717) is 13.1 Å². The average Bonchev–Trinajstić information content (AvgIpc) is 3.19. The van der Waals surface area contributed by atoms with Gasteiger partial charge in [-0.05, 0) is 26.3 Å². The van der Waals surface area contributed by atoms with Gasteiger partial charge in [0.2, 0.25) is 0 Å². The summed E-state index contributed by atoms with van der Waals surface area (Å²) < 4.78 is 1.98. The molecule has 0 aliphatic rings. The van der Waals surface area contributed by atoms with E-state index < -0.39 is 0 Å². The van der Waals surface area contributed by atoms with E-state index in [9.17, 15) is 0 Å². The molecule has 3 aromatic rings. The second-order valence-corrected chi connectivity index (χ2v) is 7.94. The van der Waals surface area contributed by atoms with Gasteiger partial charge in [0, 0.05) is 24.9 Å². The SMILES string of the molecule is Cc1nc(CCNC(=NCc2ccccc2)NCc2nnc(C)n2C)sc1C.I. The minimum atomic E-state index is 0. The van der Waals surface area contributed by atoms with Crippen molar-refractivity contribution in [1.82, 2.24) is 30.4 Å². The number of thiazole rings is 1. The fourth-order valence-corrected chi connectivity index (χ4v) is 3.56. The Kier molecular flexibility index (Phi) is 9.02. The van der Waals surface area contributed by atoms with Gasteiger partial charge in [-0.2, -0.15) is 0 Å². The number of aryl methyl sites for hydroxylation is 3. The van der Waals surface area contributed by atoms with Gasteiger partial charge >= 0.3 is 0 Å². The average molecular weight is 525 g/mol. The van der Waals surface area contributed by atoms with Crippen LogP contribution >= 0.6 is 35.3 Å². The van der Waals surface area contributed by atoms with E-state index in [2.05, 4.69) is 51.8 Å². The van der Waals surface area contributed by atoms with Crippen molar-refractivity contribution in [3.8, 4) is 0 Å². The summed E-state index contributed by atoms with van der Waals surface area (Å²) >= 11 is 1.76. The highest BCUT2D eigenvalue weighted by molar-refractivity contribution is 14.0. The number of hydrogen-bond acceptors (Lipinski definition) is 5. The van der Waals surface area contributed by atoms with Crippen molar-refractivity contribution in [3.05, 3.63) is 63.1 Å². The molecule has 2 heterocycles. The van der Waals surface area contributed by atoms with Crippen molar-refractivity contribution < 1.29 is 0 Å². The zero-order valence-corrected chi connectivity index (χ0v) is 20.4. The highest BCUT2D eigenvalue weighted by atomic mass is 127.